The van der Waals surface area contributed by atoms with E-state index in [2.05, 4.69) is 10.3 Å². The average molecular weight is 386 g/mol. The average Bonchev–Trinajstić information content (AvgIpc) is 3.16. The minimum Gasteiger partial charge on any atom is -0.350 e. The van der Waals surface area contributed by atoms with Gasteiger partial charge in [0, 0.05) is 26.8 Å². The molecule has 1 aromatic rings. The number of anilines is 1. The topological polar surface area (TPSA) is 70.5 Å². The molecular formula is C16H18ClF2N5O2. The van der Waals surface area contributed by atoms with Crippen LogP contribution in [-0.2, 0) is 11.8 Å². The molecule has 10 heteroatoms. The highest BCUT2D eigenvalue weighted by atomic mass is 35.5. The van der Waals surface area contributed by atoms with E-state index in [0.29, 0.717) is 11.4 Å². The van der Waals surface area contributed by atoms with Gasteiger partial charge in [0.05, 0.1) is 17.9 Å². The molecule has 140 valence electrons. The number of nitrogens with zero attached hydrogens (tertiary/aromatic N) is 4. The number of allylic oxidation sites excluding steroid dienone is 2. The van der Waals surface area contributed by atoms with Gasteiger partial charge in [0.1, 0.15) is 6.04 Å². The molecule has 26 heavy (non-hydrogen) atoms. The summed E-state index contributed by atoms with van der Waals surface area (Å²) in [5, 5.41) is 2.36. The lowest BCUT2D eigenvalue weighted by atomic mass is 10.0. The molecule has 1 N–H and O–H groups in total. The van der Waals surface area contributed by atoms with Crippen molar-refractivity contribution in [3.05, 3.63) is 35.3 Å². The van der Waals surface area contributed by atoms with Gasteiger partial charge >= 0.3 is 6.03 Å². The number of carbonyl (C=O) groups excluding carboxylic acids is 2. The zero-order chi connectivity index (χ0) is 19.0. The number of rotatable bonds is 4. The number of halogens is 3. The third kappa shape index (κ3) is 3.31. The molecule has 0 aromatic carbocycles. The van der Waals surface area contributed by atoms with E-state index in [4.69, 9.17) is 11.6 Å². The molecule has 3 amide bonds. The van der Waals surface area contributed by atoms with Gasteiger partial charge < -0.3 is 14.8 Å². The zero-order valence-corrected chi connectivity index (χ0v) is 15.0. The van der Waals surface area contributed by atoms with Gasteiger partial charge in [-0.1, -0.05) is 17.7 Å². The van der Waals surface area contributed by atoms with E-state index >= 15 is 0 Å². The lowest BCUT2D eigenvalue weighted by Crippen LogP contribution is -2.44. The smallest absolute Gasteiger partial charge is 0.326 e. The van der Waals surface area contributed by atoms with E-state index in [1.165, 1.54) is 22.9 Å². The molecule has 3 atom stereocenters. The van der Waals surface area contributed by atoms with Crippen LogP contribution in [0, 0.1) is 0 Å². The van der Waals surface area contributed by atoms with E-state index in [1.807, 2.05) is 0 Å². The molecule has 2 heterocycles. The monoisotopic (exact) mass is 385 g/mol. The highest BCUT2D eigenvalue weighted by Gasteiger charge is 2.40. The molecule has 0 saturated carbocycles. The maximum Gasteiger partial charge on any atom is 0.326 e. The number of amides is 3. The Morgan fingerprint density at radius 2 is 2.15 bits per heavy atom. The number of hydrogen-bond acceptors (Lipinski definition) is 3. The summed E-state index contributed by atoms with van der Waals surface area (Å²) < 4.78 is 28.5. The van der Waals surface area contributed by atoms with Gasteiger partial charge in [0.25, 0.3) is 0 Å². The fourth-order valence-electron chi connectivity index (χ4n) is 2.83. The van der Waals surface area contributed by atoms with Crippen LogP contribution in [0.15, 0.2) is 35.3 Å². The van der Waals surface area contributed by atoms with E-state index in [-0.39, 0.29) is 24.2 Å². The first-order valence-electron chi connectivity index (χ1n) is 7.94. The number of hydrogen-bond donors (Lipinski definition) is 1. The summed E-state index contributed by atoms with van der Waals surface area (Å²) >= 11 is 5.81. The summed E-state index contributed by atoms with van der Waals surface area (Å²) in [5.74, 6) is 0.0392. The summed E-state index contributed by atoms with van der Waals surface area (Å²) in [7, 11) is 3.30. The maximum absolute atomic E-state index is 13.6. The Bertz CT molecular complexity index is 793. The largest absolute Gasteiger partial charge is 0.350 e. The van der Waals surface area contributed by atoms with E-state index in [9.17, 15) is 18.4 Å². The van der Waals surface area contributed by atoms with Crippen LogP contribution in [-0.4, -0.2) is 64.9 Å². The second-order valence-electron chi connectivity index (χ2n) is 6.21. The number of imidazole rings is 1. The quantitative estimate of drug-likeness (QED) is 0.854. The molecule has 1 aliphatic carbocycles. The van der Waals surface area contributed by atoms with Gasteiger partial charge in [-0.05, 0) is 11.6 Å². The Labute approximate surface area is 153 Å². The summed E-state index contributed by atoms with van der Waals surface area (Å²) in [6, 6.07) is -1.07. The SMILES string of the molecule is CN1C(=O)N(c2cn(C)cn2)CC1C(=O)NCC1=C(Cl)C(F)C(F)C=C1. The molecule has 3 rings (SSSR count). The highest BCUT2D eigenvalue weighted by molar-refractivity contribution is 6.31. The van der Waals surface area contributed by atoms with Gasteiger partial charge in [-0.3, -0.25) is 9.69 Å². The molecule has 7 nitrogen and oxygen atoms in total. The fourth-order valence-corrected chi connectivity index (χ4v) is 3.08. The molecular weight excluding hydrogens is 368 g/mol. The molecule has 0 bridgehead atoms. The van der Waals surface area contributed by atoms with Crippen molar-refractivity contribution in [1.82, 2.24) is 19.8 Å². The molecule has 3 unspecified atom stereocenters. The molecule has 1 saturated heterocycles. The Morgan fingerprint density at radius 3 is 2.81 bits per heavy atom. The first-order valence-corrected chi connectivity index (χ1v) is 8.32. The second-order valence-corrected chi connectivity index (χ2v) is 6.62. The van der Waals surface area contributed by atoms with Crippen LogP contribution in [0.2, 0.25) is 0 Å². The standard InChI is InChI=1S/C16H18ClF2N5O2/c1-22-7-12(21-8-22)24-6-11(23(2)16(24)26)15(25)20-5-9-3-4-10(18)14(19)13(9)17/h3-4,7-8,10-11,14H,5-6H2,1-2H3,(H,20,25). The molecule has 0 spiro atoms. The Morgan fingerprint density at radius 1 is 1.42 bits per heavy atom. The number of likely N-dealkylation sites (N-methyl/N-ethyl adjacent to an activating group) is 1. The van der Waals surface area contributed by atoms with Crippen molar-refractivity contribution in [1.29, 1.82) is 0 Å². The number of aryl methyl sites for hydroxylation is 1. The molecule has 1 fully saturated rings. The number of urea groups is 1. The van der Waals surface area contributed by atoms with E-state index in [1.54, 1.807) is 24.1 Å². The Balaban J connectivity index is 1.65. The lowest BCUT2D eigenvalue weighted by molar-refractivity contribution is -0.124. The molecule has 1 aromatic heterocycles. The molecule has 2 aliphatic rings. The third-order valence-corrected chi connectivity index (χ3v) is 4.84. The lowest BCUT2D eigenvalue weighted by Gasteiger charge is -2.20. The van der Waals surface area contributed by atoms with Gasteiger partial charge in [0.15, 0.2) is 18.2 Å². The van der Waals surface area contributed by atoms with Crippen LogP contribution in [0.1, 0.15) is 0 Å². The first-order chi connectivity index (χ1) is 12.3. The number of aromatic nitrogens is 2. The van der Waals surface area contributed by atoms with Gasteiger partial charge in [-0.15, -0.1) is 0 Å². The predicted molar refractivity (Wildman–Crippen MR) is 92.3 cm³/mol. The molecule has 1 aliphatic heterocycles. The summed E-state index contributed by atoms with van der Waals surface area (Å²) in [6.07, 6.45) is 1.94. The van der Waals surface area contributed by atoms with Gasteiger partial charge in [-0.2, -0.15) is 0 Å². The predicted octanol–water partition coefficient (Wildman–Crippen LogP) is 1.52. The van der Waals surface area contributed by atoms with Gasteiger partial charge in [0.2, 0.25) is 5.91 Å². The van der Waals surface area contributed by atoms with Crippen LogP contribution in [0.4, 0.5) is 19.4 Å². The van der Waals surface area contributed by atoms with E-state index in [0.717, 1.165) is 6.08 Å². The minimum absolute atomic E-state index is 0.0522. The Hall–Kier alpha value is -2.42. The van der Waals surface area contributed by atoms with Crippen molar-refractivity contribution in [2.75, 3.05) is 25.0 Å². The normalized spacial score (nSPS) is 26.0. The first kappa shape index (κ1) is 18.4. The maximum atomic E-state index is 13.6. The zero-order valence-electron chi connectivity index (χ0n) is 14.2. The Kier molecular flexibility index (Phi) is 4.99. The summed E-state index contributed by atoms with van der Waals surface area (Å²) in [4.78, 5) is 31.7. The fraction of sp³-hybridized carbons (Fsp3) is 0.438. The minimum atomic E-state index is -1.93. The second kappa shape index (κ2) is 7.06. The summed E-state index contributed by atoms with van der Waals surface area (Å²) in [5.41, 5.74) is 0.301. The van der Waals surface area contributed by atoms with Gasteiger partial charge in [-0.25, -0.2) is 18.6 Å². The molecule has 0 radical (unpaired) electrons. The van der Waals surface area contributed by atoms with Crippen molar-refractivity contribution < 1.29 is 18.4 Å². The summed E-state index contributed by atoms with van der Waals surface area (Å²) in [6.45, 7) is 0.0858. The van der Waals surface area contributed by atoms with Crippen LogP contribution >= 0.6 is 11.6 Å². The third-order valence-electron chi connectivity index (χ3n) is 4.39. The van der Waals surface area contributed by atoms with Crippen LogP contribution in [0.5, 0.6) is 0 Å². The van der Waals surface area contributed by atoms with Crippen molar-refractivity contribution in [3.8, 4) is 0 Å². The van der Waals surface area contributed by atoms with Crippen molar-refractivity contribution in [2.24, 2.45) is 7.05 Å². The highest BCUT2D eigenvalue weighted by Crippen LogP contribution is 2.27. The number of nitrogens with one attached hydrogen (secondary N) is 1. The van der Waals surface area contributed by atoms with Crippen molar-refractivity contribution in [2.45, 2.75) is 18.4 Å². The van der Waals surface area contributed by atoms with E-state index < -0.39 is 24.3 Å². The van der Waals surface area contributed by atoms with Crippen LogP contribution in [0.25, 0.3) is 0 Å². The van der Waals surface area contributed by atoms with Crippen molar-refractivity contribution in [3.63, 3.8) is 0 Å². The number of alkyl halides is 2. The van der Waals surface area contributed by atoms with Crippen molar-refractivity contribution >= 4 is 29.4 Å². The van der Waals surface area contributed by atoms with Crippen LogP contribution < -0.4 is 10.2 Å². The number of carbonyl (C=O) groups is 2. The van der Waals surface area contributed by atoms with Crippen LogP contribution in [0.3, 0.4) is 0 Å².